The third-order valence-corrected chi connectivity index (χ3v) is 3.80. The second-order valence-corrected chi connectivity index (χ2v) is 5.37. The molecule has 0 bridgehead atoms. The molecule has 1 fully saturated rings. The monoisotopic (exact) mass is 287 g/mol. The second kappa shape index (κ2) is 5.76. The highest BCUT2D eigenvalue weighted by Gasteiger charge is 2.23. The number of anilines is 1. The van der Waals surface area contributed by atoms with E-state index in [-0.39, 0.29) is 5.91 Å². The summed E-state index contributed by atoms with van der Waals surface area (Å²) < 4.78 is 0. The van der Waals surface area contributed by atoms with Crippen molar-refractivity contribution in [3.05, 3.63) is 22.4 Å². The molecule has 2 N–H and O–H groups in total. The van der Waals surface area contributed by atoms with Crippen molar-refractivity contribution >= 4 is 34.8 Å². The van der Waals surface area contributed by atoms with Crippen LogP contribution in [0.2, 0.25) is 10.0 Å². The van der Waals surface area contributed by atoms with Gasteiger partial charge in [-0.3, -0.25) is 9.78 Å². The molecule has 2 heterocycles. The van der Waals surface area contributed by atoms with Gasteiger partial charge in [0, 0.05) is 31.9 Å². The molecule has 0 aliphatic carbocycles. The number of piperidine rings is 1. The number of hydrogen-bond acceptors (Lipinski definition) is 3. The quantitative estimate of drug-likeness (QED) is 0.929. The molecule has 1 aliphatic heterocycles. The summed E-state index contributed by atoms with van der Waals surface area (Å²) in [6, 6.07) is 0. The first kappa shape index (κ1) is 13.4. The summed E-state index contributed by atoms with van der Waals surface area (Å²) in [5, 5.41) is 1.13. The first-order valence-corrected chi connectivity index (χ1v) is 6.65. The van der Waals surface area contributed by atoms with Crippen LogP contribution in [-0.4, -0.2) is 24.0 Å². The standard InChI is InChI=1S/C12H15Cl2N3O/c13-9-6-16-7-10(14)12(9)17-3-1-8(2-4-17)5-11(15)18/h6-8H,1-5H2,(H2,15,18). The minimum absolute atomic E-state index is 0.228. The van der Waals surface area contributed by atoms with Gasteiger partial charge in [-0.25, -0.2) is 0 Å². The molecule has 0 atom stereocenters. The van der Waals surface area contributed by atoms with E-state index < -0.39 is 0 Å². The molecule has 98 valence electrons. The highest BCUT2D eigenvalue weighted by Crippen LogP contribution is 2.35. The summed E-state index contributed by atoms with van der Waals surface area (Å²) >= 11 is 12.2. The van der Waals surface area contributed by atoms with E-state index in [9.17, 15) is 4.79 Å². The Morgan fingerprint density at radius 3 is 2.39 bits per heavy atom. The maximum atomic E-state index is 10.9. The molecule has 4 nitrogen and oxygen atoms in total. The number of amides is 1. The number of nitrogens with two attached hydrogens (primary N) is 1. The van der Waals surface area contributed by atoms with E-state index in [1.165, 1.54) is 0 Å². The SMILES string of the molecule is NC(=O)CC1CCN(c2c(Cl)cncc2Cl)CC1. The minimum atomic E-state index is -0.228. The van der Waals surface area contributed by atoms with Crippen LogP contribution >= 0.6 is 23.2 Å². The molecule has 1 aromatic heterocycles. The van der Waals surface area contributed by atoms with Crippen LogP contribution in [0.4, 0.5) is 5.69 Å². The number of primary amides is 1. The van der Waals surface area contributed by atoms with Gasteiger partial charge in [0.05, 0.1) is 15.7 Å². The first-order valence-electron chi connectivity index (χ1n) is 5.90. The normalized spacial score (nSPS) is 16.9. The van der Waals surface area contributed by atoms with Gasteiger partial charge < -0.3 is 10.6 Å². The largest absolute Gasteiger partial charge is 0.370 e. The van der Waals surface area contributed by atoms with Crippen LogP contribution < -0.4 is 10.6 Å². The molecule has 6 heteroatoms. The van der Waals surface area contributed by atoms with E-state index in [1.54, 1.807) is 12.4 Å². The number of halogens is 2. The number of pyridine rings is 1. The summed E-state index contributed by atoms with van der Waals surface area (Å²) in [7, 11) is 0. The number of aromatic nitrogens is 1. The fourth-order valence-electron chi connectivity index (χ4n) is 2.35. The molecule has 0 spiro atoms. The Bertz CT molecular complexity index is 425. The van der Waals surface area contributed by atoms with Crippen molar-refractivity contribution in [3.63, 3.8) is 0 Å². The molecule has 0 unspecified atom stereocenters. The summed E-state index contributed by atoms with van der Waals surface area (Å²) in [6.07, 6.45) is 5.51. The topological polar surface area (TPSA) is 59.2 Å². The predicted molar refractivity (Wildman–Crippen MR) is 73.0 cm³/mol. The molecule has 18 heavy (non-hydrogen) atoms. The van der Waals surface area contributed by atoms with Gasteiger partial charge >= 0.3 is 0 Å². The minimum Gasteiger partial charge on any atom is -0.370 e. The number of rotatable bonds is 3. The zero-order valence-corrected chi connectivity index (χ0v) is 11.4. The third kappa shape index (κ3) is 3.06. The lowest BCUT2D eigenvalue weighted by atomic mass is 9.93. The van der Waals surface area contributed by atoms with Gasteiger partial charge in [0.2, 0.25) is 5.91 Å². The van der Waals surface area contributed by atoms with Crippen molar-refractivity contribution < 1.29 is 4.79 Å². The third-order valence-electron chi connectivity index (χ3n) is 3.25. The summed E-state index contributed by atoms with van der Waals surface area (Å²) in [5.74, 6) is 0.145. The summed E-state index contributed by atoms with van der Waals surface area (Å²) in [4.78, 5) is 17.0. The van der Waals surface area contributed by atoms with Gasteiger partial charge in [-0.2, -0.15) is 0 Å². The lowest BCUT2D eigenvalue weighted by Gasteiger charge is -2.34. The van der Waals surface area contributed by atoms with Gasteiger partial charge in [0.1, 0.15) is 0 Å². The number of carbonyl (C=O) groups excluding carboxylic acids is 1. The molecular weight excluding hydrogens is 273 g/mol. The van der Waals surface area contributed by atoms with E-state index in [4.69, 9.17) is 28.9 Å². The first-order chi connectivity index (χ1) is 8.58. The van der Waals surface area contributed by atoms with Crippen molar-refractivity contribution in [1.29, 1.82) is 0 Å². The van der Waals surface area contributed by atoms with Crippen LogP contribution in [0.15, 0.2) is 12.4 Å². The van der Waals surface area contributed by atoms with Gasteiger partial charge in [-0.05, 0) is 18.8 Å². The number of hydrogen-bond donors (Lipinski definition) is 1. The van der Waals surface area contributed by atoms with Gasteiger partial charge in [-0.1, -0.05) is 23.2 Å². The van der Waals surface area contributed by atoms with E-state index in [0.717, 1.165) is 31.6 Å². The maximum Gasteiger partial charge on any atom is 0.217 e. The lowest BCUT2D eigenvalue weighted by molar-refractivity contribution is -0.119. The Morgan fingerprint density at radius 2 is 1.89 bits per heavy atom. The highest BCUT2D eigenvalue weighted by atomic mass is 35.5. The molecule has 1 amide bonds. The average molecular weight is 288 g/mol. The lowest BCUT2D eigenvalue weighted by Crippen LogP contribution is -2.35. The van der Waals surface area contributed by atoms with E-state index in [0.29, 0.717) is 22.4 Å². The summed E-state index contributed by atoms with van der Waals surface area (Å²) in [5.41, 5.74) is 6.05. The Balaban J connectivity index is 2.03. The van der Waals surface area contributed by atoms with Crippen LogP contribution in [-0.2, 0) is 4.79 Å². The molecule has 1 aliphatic rings. The van der Waals surface area contributed by atoms with Crippen molar-refractivity contribution in [3.8, 4) is 0 Å². The van der Waals surface area contributed by atoms with E-state index in [1.807, 2.05) is 0 Å². The molecule has 0 aromatic carbocycles. The van der Waals surface area contributed by atoms with Crippen molar-refractivity contribution in [2.45, 2.75) is 19.3 Å². The van der Waals surface area contributed by atoms with Crippen molar-refractivity contribution in [2.24, 2.45) is 11.7 Å². The van der Waals surface area contributed by atoms with Crippen LogP contribution in [0.3, 0.4) is 0 Å². The molecule has 0 saturated carbocycles. The van der Waals surface area contributed by atoms with Crippen LogP contribution in [0.25, 0.3) is 0 Å². The maximum absolute atomic E-state index is 10.9. The van der Waals surface area contributed by atoms with Crippen LogP contribution in [0.5, 0.6) is 0 Å². The van der Waals surface area contributed by atoms with E-state index >= 15 is 0 Å². The van der Waals surface area contributed by atoms with Gasteiger partial charge in [-0.15, -0.1) is 0 Å². The molecule has 2 rings (SSSR count). The zero-order valence-electron chi connectivity index (χ0n) is 9.90. The number of carbonyl (C=O) groups is 1. The van der Waals surface area contributed by atoms with Gasteiger partial charge in [0.15, 0.2) is 0 Å². The molecule has 0 radical (unpaired) electrons. The fraction of sp³-hybridized carbons (Fsp3) is 0.500. The molecule has 1 aromatic rings. The fourth-order valence-corrected chi connectivity index (χ4v) is 2.96. The van der Waals surface area contributed by atoms with Crippen molar-refractivity contribution in [2.75, 3.05) is 18.0 Å². The summed E-state index contributed by atoms with van der Waals surface area (Å²) in [6.45, 7) is 1.67. The van der Waals surface area contributed by atoms with Crippen molar-refractivity contribution in [1.82, 2.24) is 4.98 Å². The highest BCUT2D eigenvalue weighted by molar-refractivity contribution is 6.38. The number of nitrogens with zero attached hydrogens (tertiary/aromatic N) is 2. The Labute approximate surface area is 116 Å². The Morgan fingerprint density at radius 1 is 1.33 bits per heavy atom. The predicted octanol–water partition coefficient (Wildman–Crippen LogP) is 2.48. The van der Waals surface area contributed by atoms with Gasteiger partial charge in [0.25, 0.3) is 0 Å². The average Bonchev–Trinajstić information content (AvgIpc) is 2.30. The Hall–Kier alpha value is -1.00. The van der Waals surface area contributed by atoms with E-state index in [2.05, 4.69) is 9.88 Å². The zero-order chi connectivity index (χ0) is 13.1. The second-order valence-electron chi connectivity index (χ2n) is 4.55. The molecule has 1 saturated heterocycles. The Kier molecular flexibility index (Phi) is 4.30. The smallest absolute Gasteiger partial charge is 0.217 e. The van der Waals surface area contributed by atoms with Crippen LogP contribution in [0, 0.1) is 5.92 Å². The molecular formula is C12H15Cl2N3O. The van der Waals surface area contributed by atoms with Crippen LogP contribution in [0.1, 0.15) is 19.3 Å².